The van der Waals surface area contributed by atoms with Crippen molar-refractivity contribution in [1.82, 2.24) is 29.9 Å². The first-order valence-corrected chi connectivity index (χ1v) is 8.77. The number of nitrogens with one attached hydrogen (secondary N) is 1. The van der Waals surface area contributed by atoms with E-state index in [1.165, 1.54) is 6.20 Å². The van der Waals surface area contributed by atoms with Crippen molar-refractivity contribution in [2.75, 3.05) is 13.1 Å². The SMILES string of the molecule is CC(C)n1c(C2CCCN(C(=O)c3cn[nH]n3)C2)nc2ccccc21. The number of H-pyrrole nitrogens is 1. The van der Waals surface area contributed by atoms with Crippen LogP contribution in [0.25, 0.3) is 11.0 Å². The van der Waals surface area contributed by atoms with Gasteiger partial charge in [-0.3, -0.25) is 4.79 Å². The molecule has 3 heterocycles. The molecule has 1 N–H and O–H groups in total. The molecule has 0 bridgehead atoms. The first kappa shape index (κ1) is 15.8. The molecular formula is C18H22N6O. The van der Waals surface area contributed by atoms with Gasteiger partial charge in [0.05, 0.1) is 17.2 Å². The Kier molecular flexibility index (Phi) is 3.99. The van der Waals surface area contributed by atoms with Crippen LogP contribution in [-0.2, 0) is 0 Å². The van der Waals surface area contributed by atoms with Gasteiger partial charge in [0.25, 0.3) is 5.91 Å². The number of aromatic amines is 1. The molecule has 3 aromatic rings. The zero-order valence-corrected chi connectivity index (χ0v) is 14.5. The van der Waals surface area contributed by atoms with E-state index in [1.807, 2.05) is 17.0 Å². The third-order valence-corrected chi connectivity index (χ3v) is 4.85. The Hall–Kier alpha value is -2.70. The second kappa shape index (κ2) is 6.31. The number of likely N-dealkylation sites (tertiary alicyclic amines) is 1. The summed E-state index contributed by atoms with van der Waals surface area (Å²) in [6.45, 7) is 5.78. The number of imidazole rings is 1. The van der Waals surface area contributed by atoms with Gasteiger partial charge in [0.15, 0.2) is 5.69 Å². The molecule has 0 aliphatic carbocycles. The topological polar surface area (TPSA) is 79.7 Å². The van der Waals surface area contributed by atoms with Crippen molar-refractivity contribution in [3.8, 4) is 0 Å². The van der Waals surface area contributed by atoms with Crippen LogP contribution in [0.3, 0.4) is 0 Å². The zero-order chi connectivity index (χ0) is 17.4. The Labute approximate surface area is 146 Å². The van der Waals surface area contributed by atoms with Crippen LogP contribution >= 0.6 is 0 Å². The summed E-state index contributed by atoms with van der Waals surface area (Å²) in [7, 11) is 0. The number of carbonyl (C=O) groups is 1. The zero-order valence-electron chi connectivity index (χ0n) is 14.5. The minimum absolute atomic E-state index is 0.0642. The summed E-state index contributed by atoms with van der Waals surface area (Å²) in [4.78, 5) is 19.4. The van der Waals surface area contributed by atoms with Gasteiger partial charge in [-0.2, -0.15) is 15.4 Å². The Morgan fingerprint density at radius 2 is 2.16 bits per heavy atom. The minimum Gasteiger partial charge on any atom is -0.336 e. The molecule has 1 fully saturated rings. The van der Waals surface area contributed by atoms with Gasteiger partial charge in [-0.05, 0) is 38.8 Å². The van der Waals surface area contributed by atoms with Crippen molar-refractivity contribution in [2.24, 2.45) is 0 Å². The van der Waals surface area contributed by atoms with E-state index in [4.69, 9.17) is 4.98 Å². The summed E-state index contributed by atoms with van der Waals surface area (Å²) in [6.07, 6.45) is 3.49. The predicted octanol–water partition coefficient (Wildman–Crippen LogP) is 2.76. The number of benzene rings is 1. The lowest BCUT2D eigenvalue weighted by Crippen LogP contribution is -2.40. The smallest absolute Gasteiger partial charge is 0.276 e. The molecule has 7 nitrogen and oxygen atoms in total. The Balaban J connectivity index is 1.66. The monoisotopic (exact) mass is 338 g/mol. The van der Waals surface area contributed by atoms with Gasteiger partial charge >= 0.3 is 0 Å². The highest BCUT2D eigenvalue weighted by Crippen LogP contribution is 2.31. The number of nitrogens with zero attached hydrogens (tertiary/aromatic N) is 5. The van der Waals surface area contributed by atoms with Gasteiger partial charge in [0, 0.05) is 25.0 Å². The molecule has 25 heavy (non-hydrogen) atoms. The molecule has 1 amide bonds. The van der Waals surface area contributed by atoms with E-state index in [0.29, 0.717) is 18.3 Å². The average molecular weight is 338 g/mol. The number of hydrogen-bond donors (Lipinski definition) is 1. The summed E-state index contributed by atoms with van der Waals surface area (Å²) in [5.74, 6) is 1.25. The Morgan fingerprint density at radius 3 is 2.92 bits per heavy atom. The molecule has 1 unspecified atom stereocenters. The van der Waals surface area contributed by atoms with Crippen LogP contribution in [0.15, 0.2) is 30.5 Å². The number of para-hydroxylation sites is 2. The standard InChI is InChI=1S/C18H22N6O/c1-12(2)24-16-8-4-3-7-14(16)20-17(24)13-6-5-9-23(11-13)18(25)15-10-19-22-21-15/h3-4,7-8,10,12-13H,5-6,9,11H2,1-2H3,(H,19,21,22). The second-order valence-electron chi connectivity index (χ2n) is 6.87. The lowest BCUT2D eigenvalue weighted by molar-refractivity contribution is 0.0697. The third-order valence-electron chi connectivity index (χ3n) is 4.85. The average Bonchev–Trinajstić information content (AvgIpc) is 3.28. The second-order valence-corrected chi connectivity index (χ2v) is 6.87. The molecule has 1 saturated heterocycles. The maximum Gasteiger partial charge on any atom is 0.276 e. The van der Waals surface area contributed by atoms with Crippen LogP contribution < -0.4 is 0 Å². The number of hydrogen-bond acceptors (Lipinski definition) is 4. The summed E-state index contributed by atoms with van der Waals surface area (Å²) < 4.78 is 2.31. The molecule has 7 heteroatoms. The van der Waals surface area contributed by atoms with Gasteiger partial charge in [0.1, 0.15) is 5.82 Å². The quantitative estimate of drug-likeness (QED) is 0.796. The number of amides is 1. The number of aromatic nitrogens is 5. The molecule has 130 valence electrons. The fourth-order valence-corrected chi connectivity index (χ4v) is 3.73. The van der Waals surface area contributed by atoms with E-state index in [9.17, 15) is 4.79 Å². The molecule has 0 radical (unpaired) electrons. The Bertz CT molecular complexity index is 882. The summed E-state index contributed by atoms with van der Waals surface area (Å²) in [6, 6.07) is 8.56. The van der Waals surface area contributed by atoms with Crippen LogP contribution in [0.4, 0.5) is 0 Å². The third kappa shape index (κ3) is 2.79. The van der Waals surface area contributed by atoms with Crippen molar-refractivity contribution < 1.29 is 4.79 Å². The number of fused-ring (bicyclic) bond motifs is 1. The molecule has 1 aromatic carbocycles. The van der Waals surface area contributed by atoms with Crippen molar-refractivity contribution in [1.29, 1.82) is 0 Å². The molecule has 4 rings (SSSR count). The van der Waals surface area contributed by atoms with Gasteiger partial charge < -0.3 is 9.47 Å². The van der Waals surface area contributed by atoms with E-state index in [0.717, 1.165) is 36.2 Å². The van der Waals surface area contributed by atoms with Crippen molar-refractivity contribution >= 4 is 16.9 Å². The van der Waals surface area contributed by atoms with Crippen LogP contribution in [-0.4, -0.2) is 48.9 Å². The van der Waals surface area contributed by atoms with Gasteiger partial charge in [-0.1, -0.05) is 12.1 Å². The lowest BCUT2D eigenvalue weighted by Gasteiger charge is -2.32. The maximum absolute atomic E-state index is 12.6. The predicted molar refractivity (Wildman–Crippen MR) is 94.4 cm³/mol. The molecule has 1 atom stereocenters. The van der Waals surface area contributed by atoms with Crippen molar-refractivity contribution in [3.63, 3.8) is 0 Å². The number of carbonyl (C=O) groups excluding carboxylic acids is 1. The summed E-state index contributed by atoms with van der Waals surface area (Å²) in [5, 5.41) is 10.2. The molecule has 1 aliphatic heterocycles. The van der Waals surface area contributed by atoms with Crippen molar-refractivity contribution in [3.05, 3.63) is 42.0 Å². The molecule has 0 spiro atoms. The molecular weight excluding hydrogens is 316 g/mol. The van der Waals surface area contributed by atoms with E-state index < -0.39 is 0 Å². The van der Waals surface area contributed by atoms with Crippen LogP contribution in [0.2, 0.25) is 0 Å². The molecule has 0 saturated carbocycles. The number of piperidine rings is 1. The van der Waals surface area contributed by atoms with Gasteiger partial charge in [0.2, 0.25) is 0 Å². The van der Waals surface area contributed by atoms with Crippen LogP contribution in [0, 0.1) is 0 Å². The van der Waals surface area contributed by atoms with E-state index in [1.54, 1.807) is 0 Å². The maximum atomic E-state index is 12.6. The fourth-order valence-electron chi connectivity index (χ4n) is 3.73. The fraction of sp³-hybridized carbons (Fsp3) is 0.444. The van der Waals surface area contributed by atoms with Gasteiger partial charge in [-0.25, -0.2) is 4.98 Å². The van der Waals surface area contributed by atoms with E-state index >= 15 is 0 Å². The largest absolute Gasteiger partial charge is 0.336 e. The number of rotatable bonds is 3. The summed E-state index contributed by atoms with van der Waals surface area (Å²) in [5.41, 5.74) is 2.55. The van der Waals surface area contributed by atoms with E-state index in [-0.39, 0.29) is 11.8 Å². The van der Waals surface area contributed by atoms with Crippen LogP contribution in [0.1, 0.15) is 55.0 Å². The molecule has 1 aliphatic rings. The minimum atomic E-state index is -0.0642. The summed E-state index contributed by atoms with van der Waals surface area (Å²) >= 11 is 0. The van der Waals surface area contributed by atoms with Crippen molar-refractivity contribution in [2.45, 2.75) is 38.6 Å². The van der Waals surface area contributed by atoms with E-state index in [2.05, 4.69) is 46.0 Å². The van der Waals surface area contributed by atoms with Gasteiger partial charge in [-0.15, -0.1) is 0 Å². The highest BCUT2D eigenvalue weighted by molar-refractivity contribution is 5.92. The highest BCUT2D eigenvalue weighted by Gasteiger charge is 2.30. The first-order chi connectivity index (χ1) is 12.1. The highest BCUT2D eigenvalue weighted by atomic mass is 16.2. The van der Waals surface area contributed by atoms with Crippen LogP contribution in [0.5, 0.6) is 0 Å². The first-order valence-electron chi connectivity index (χ1n) is 8.77. The normalized spacial score (nSPS) is 18.2. The Morgan fingerprint density at radius 1 is 1.32 bits per heavy atom. The molecule has 2 aromatic heterocycles. The lowest BCUT2D eigenvalue weighted by atomic mass is 9.96.